The Morgan fingerprint density at radius 1 is 0.882 bits per heavy atom. The third kappa shape index (κ3) is 3.40. The largest absolute Gasteiger partial charge is 0.305 e. The molecular formula is C26H22N4O4. The Morgan fingerprint density at radius 2 is 1.53 bits per heavy atom. The van der Waals surface area contributed by atoms with Crippen LogP contribution in [-0.2, 0) is 16.9 Å². The highest BCUT2D eigenvalue weighted by Crippen LogP contribution is 2.50. The van der Waals surface area contributed by atoms with Crippen LogP contribution in [0, 0.1) is 10.1 Å². The standard InChI is InChI=1S/C26H22N4O4/c31-24-15-16-29(27-24)26(22(18-30(33)34)20-11-5-2-6-12-20)21-13-7-8-14-23(21)28(25(26)32)17-19-9-3-1-4-10-19/h1-16,22H,17-18H2,(H,27,31)/t22-,26-/m1/s1. The van der Waals surface area contributed by atoms with Crippen molar-refractivity contribution in [2.45, 2.75) is 18.0 Å². The lowest BCUT2D eigenvalue weighted by atomic mass is 9.75. The zero-order valence-corrected chi connectivity index (χ0v) is 18.2. The lowest BCUT2D eigenvalue weighted by molar-refractivity contribution is -0.485. The van der Waals surface area contributed by atoms with E-state index in [2.05, 4.69) is 5.10 Å². The molecular weight excluding hydrogens is 432 g/mol. The fourth-order valence-electron chi connectivity index (χ4n) is 4.98. The monoisotopic (exact) mass is 454 g/mol. The van der Waals surface area contributed by atoms with E-state index in [-0.39, 0.29) is 11.5 Å². The summed E-state index contributed by atoms with van der Waals surface area (Å²) < 4.78 is 1.45. The maximum Gasteiger partial charge on any atom is 0.264 e. The molecule has 0 saturated heterocycles. The molecule has 0 saturated carbocycles. The molecule has 2 atom stereocenters. The number of hydrogen-bond donors (Lipinski definition) is 1. The van der Waals surface area contributed by atoms with Gasteiger partial charge in [0.05, 0.1) is 18.2 Å². The van der Waals surface area contributed by atoms with Crippen molar-refractivity contribution in [3.8, 4) is 0 Å². The number of carbonyl (C=O) groups is 1. The Hall–Kier alpha value is -4.46. The lowest BCUT2D eigenvalue weighted by Gasteiger charge is -2.36. The fraction of sp³-hybridized carbons (Fsp3) is 0.154. The summed E-state index contributed by atoms with van der Waals surface area (Å²) in [6.45, 7) is -0.201. The average Bonchev–Trinajstić information content (AvgIpc) is 3.39. The number of nitrogens with one attached hydrogen (secondary N) is 1. The van der Waals surface area contributed by atoms with Crippen molar-refractivity contribution in [3.63, 3.8) is 0 Å². The van der Waals surface area contributed by atoms with Gasteiger partial charge in [-0.3, -0.25) is 29.5 Å². The number of para-hydroxylation sites is 1. The minimum Gasteiger partial charge on any atom is -0.305 e. The summed E-state index contributed by atoms with van der Waals surface area (Å²) in [4.78, 5) is 39.8. The molecule has 1 N–H and O–H groups in total. The number of carbonyl (C=O) groups excluding carboxylic acids is 1. The Labute approximate surface area is 195 Å². The van der Waals surface area contributed by atoms with Crippen LogP contribution < -0.4 is 10.5 Å². The van der Waals surface area contributed by atoms with Gasteiger partial charge in [0.25, 0.3) is 11.5 Å². The number of fused-ring (bicyclic) bond motifs is 1. The molecule has 2 heterocycles. The minimum atomic E-state index is -1.54. The summed E-state index contributed by atoms with van der Waals surface area (Å²) in [5.74, 6) is -1.21. The highest BCUT2D eigenvalue weighted by molar-refractivity contribution is 6.08. The molecule has 34 heavy (non-hydrogen) atoms. The van der Waals surface area contributed by atoms with E-state index in [1.807, 2.05) is 60.7 Å². The van der Waals surface area contributed by atoms with E-state index in [0.29, 0.717) is 23.4 Å². The highest BCUT2D eigenvalue weighted by atomic mass is 16.6. The predicted molar refractivity (Wildman–Crippen MR) is 127 cm³/mol. The molecule has 1 aliphatic rings. The van der Waals surface area contributed by atoms with Crippen LogP contribution in [0.3, 0.4) is 0 Å². The van der Waals surface area contributed by atoms with Gasteiger partial charge in [0, 0.05) is 22.7 Å². The number of aromatic nitrogens is 2. The van der Waals surface area contributed by atoms with Crippen molar-refractivity contribution in [2.75, 3.05) is 11.4 Å². The number of hydrogen-bond acceptors (Lipinski definition) is 4. The lowest BCUT2D eigenvalue weighted by Crippen LogP contribution is -2.52. The van der Waals surface area contributed by atoms with Crippen LogP contribution >= 0.6 is 0 Å². The predicted octanol–water partition coefficient (Wildman–Crippen LogP) is 3.53. The van der Waals surface area contributed by atoms with Gasteiger partial charge in [-0.05, 0) is 17.2 Å². The molecule has 170 valence electrons. The number of nitro groups is 1. The van der Waals surface area contributed by atoms with Crippen molar-refractivity contribution < 1.29 is 9.72 Å². The number of H-pyrrole nitrogens is 1. The van der Waals surface area contributed by atoms with Crippen LogP contribution in [0.15, 0.2) is 102 Å². The minimum absolute atomic E-state index is 0.296. The molecule has 0 bridgehead atoms. The molecule has 0 spiro atoms. The van der Waals surface area contributed by atoms with Crippen LogP contribution in [0.4, 0.5) is 5.69 Å². The van der Waals surface area contributed by atoms with Gasteiger partial charge in [-0.2, -0.15) is 0 Å². The first kappa shape index (κ1) is 21.4. The first-order valence-electron chi connectivity index (χ1n) is 10.9. The average molecular weight is 454 g/mol. The first-order chi connectivity index (χ1) is 16.5. The maximum atomic E-state index is 14.5. The van der Waals surface area contributed by atoms with E-state index in [1.165, 1.54) is 16.9 Å². The van der Waals surface area contributed by atoms with Gasteiger partial charge in [-0.25, -0.2) is 0 Å². The molecule has 0 unspecified atom stereocenters. The summed E-state index contributed by atoms with van der Waals surface area (Å²) in [5.41, 5.74) is 0.904. The quantitative estimate of drug-likeness (QED) is 0.341. The molecule has 4 aromatic rings. The normalized spacial score (nSPS) is 18.0. The smallest absolute Gasteiger partial charge is 0.264 e. The molecule has 1 amide bonds. The van der Waals surface area contributed by atoms with Gasteiger partial charge in [0.15, 0.2) is 5.54 Å². The molecule has 0 aliphatic carbocycles. The molecule has 0 radical (unpaired) electrons. The molecule has 3 aromatic carbocycles. The van der Waals surface area contributed by atoms with E-state index in [0.717, 1.165) is 5.56 Å². The first-order valence-corrected chi connectivity index (χ1v) is 10.9. The van der Waals surface area contributed by atoms with Crippen LogP contribution in [0.25, 0.3) is 0 Å². The van der Waals surface area contributed by atoms with Crippen molar-refractivity contribution >= 4 is 11.6 Å². The molecule has 8 nitrogen and oxygen atoms in total. The Morgan fingerprint density at radius 3 is 2.18 bits per heavy atom. The van der Waals surface area contributed by atoms with Crippen LogP contribution in [0.2, 0.25) is 0 Å². The zero-order valence-electron chi connectivity index (χ0n) is 18.2. The van der Waals surface area contributed by atoms with Crippen molar-refractivity contribution in [1.29, 1.82) is 0 Å². The van der Waals surface area contributed by atoms with Gasteiger partial charge in [-0.15, -0.1) is 0 Å². The van der Waals surface area contributed by atoms with Crippen molar-refractivity contribution in [3.05, 3.63) is 134 Å². The topological polar surface area (TPSA) is 101 Å². The van der Waals surface area contributed by atoms with E-state index >= 15 is 0 Å². The summed E-state index contributed by atoms with van der Waals surface area (Å²) in [5, 5.41) is 14.6. The Kier molecular flexibility index (Phi) is 5.33. The van der Waals surface area contributed by atoms with Gasteiger partial charge >= 0.3 is 0 Å². The second kappa shape index (κ2) is 8.47. The maximum absolute atomic E-state index is 14.5. The summed E-state index contributed by atoms with van der Waals surface area (Å²) in [7, 11) is 0. The van der Waals surface area contributed by atoms with Gasteiger partial charge < -0.3 is 4.90 Å². The van der Waals surface area contributed by atoms with Crippen molar-refractivity contribution in [1.82, 2.24) is 9.78 Å². The number of rotatable bonds is 7. The molecule has 8 heteroatoms. The summed E-state index contributed by atoms with van der Waals surface area (Å²) in [6, 6.07) is 27.2. The highest BCUT2D eigenvalue weighted by Gasteiger charge is 2.59. The Balaban J connectivity index is 1.79. The van der Waals surface area contributed by atoms with Gasteiger partial charge in [0.2, 0.25) is 6.54 Å². The van der Waals surface area contributed by atoms with Gasteiger partial charge in [-0.1, -0.05) is 78.9 Å². The number of anilines is 1. The molecule has 0 fully saturated rings. The second-order valence-electron chi connectivity index (χ2n) is 8.30. The SMILES string of the molecule is O=C1N(Cc2ccccc2)c2ccccc2[C@]1([C@H](C[N+](=O)[O-])c1ccccc1)n1ccc(=O)[nH]1. The van der Waals surface area contributed by atoms with E-state index < -0.39 is 22.9 Å². The second-order valence-corrected chi connectivity index (χ2v) is 8.30. The third-order valence-corrected chi connectivity index (χ3v) is 6.38. The van der Waals surface area contributed by atoms with E-state index in [1.54, 1.807) is 29.2 Å². The fourth-order valence-corrected chi connectivity index (χ4v) is 4.98. The number of nitrogens with zero attached hydrogens (tertiary/aromatic N) is 3. The molecule has 1 aliphatic heterocycles. The van der Waals surface area contributed by atoms with Crippen LogP contribution in [0.5, 0.6) is 0 Å². The summed E-state index contributed by atoms with van der Waals surface area (Å²) in [6.07, 6.45) is 1.50. The van der Waals surface area contributed by atoms with E-state index in [4.69, 9.17) is 0 Å². The third-order valence-electron chi connectivity index (χ3n) is 6.38. The van der Waals surface area contributed by atoms with Crippen LogP contribution in [0.1, 0.15) is 22.6 Å². The zero-order chi connectivity index (χ0) is 23.7. The number of benzene rings is 3. The number of aromatic amines is 1. The number of amides is 1. The van der Waals surface area contributed by atoms with Crippen molar-refractivity contribution in [2.24, 2.45) is 0 Å². The Bertz CT molecular complexity index is 1400. The summed E-state index contributed by atoms with van der Waals surface area (Å²) >= 11 is 0. The van der Waals surface area contributed by atoms with E-state index in [9.17, 15) is 19.7 Å². The molecule has 1 aromatic heterocycles. The van der Waals surface area contributed by atoms with Gasteiger partial charge in [0.1, 0.15) is 0 Å². The van der Waals surface area contributed by atoms with Crippen LogP contribution in [-0.4, -0.2) is 27.2 Å². The molecule has 5 rings (SSSR count).